The third kappa shape index (κ3) is 5.44. The van der Waals surface area contributed by atoms with Gasteiger partial charge >= 0.3 is 12.0 Å². The van der Waals surface area contributed by atoms with E-state index < -0.39 is 18.0 Å². The Morgan fingerprint density at radius 3 is 2.34 bits per heavy atom. The van der Waals surface area contributed by atoms with Crippen molar-refractivity contribution < 1.29 is 14.7 Å². The van der Waals surface area contributed by atoms with Gasteiger partial charge in [0.2, 0.25) is 0 Å². The molecule has 3 aromatic rings. The van der Waals surface area contributed by atoms with Gasteiger partial charge in [-0.1, -0.05) is 42.5 Å². The number of nitrogens with one attached hydrogen (secondary N) is 2. The number of nitrogens with zero attached hydrogens (tertiary/aromatic N) is 1. The highest BCUT2D eigenvalue weighted by Gasteiger charge is 2.17. The number of hydrogen-bond donors (Lipinski definition) is 3. The van der Waals surface area contributed by atoms with Crippen molar-refractivity contribution >= 4 is 17.7 Å². The fraction of sp³-hybridized carbons (Fsp3) is 0.0870. The molecule has 0 aliphatic carbocycles. The SMILES string of the molecule is N#Cc1ccc(NC(=O)NC(Cc2ccccc2)c2cccc(C(=O)O)c2)cc1. The van der Waals surface area contributed by atoms with Gasteiger partial charge in [-0.2, -0.15) is 5.26 Å². The number of carboxylic acid groups (broad SMARTS) is 1. The van der Waals surface area contributed by atoms with Crippen molar-refractivity contribution in [1.82, 2.24) is 5.32 Å². The van der Waals surface area contributed by atoms with Crippen molar-refractivity contribution in [3.8, 4) is 6.07 Å². The van der Waals surface area contributed by atoms with Crippen LogP contribution >= 0.6 is 0 Å². The molecule has 0 saturated heterocycles. The van der Waals surface area contributed by atoms with E-state index in [0.717, 1.165) is 5.56 Å². The Balaban J connectivity index is 1.80. The minimum Gasteiger partial charge on any atom is -0.478 e. The molecule has 6 heteroatoms. The molecule has 0 fully saturated rings. The molecule has 0 aliphatic heterocycles. The van der Waals surface area contributed by atoms with Crippen LogP contribution in [0.1, 0.15) is 33.1 Å². The van der Waals surface area contributed by atoms with Gasteiger partial charge in [0, 0.05) is 5.69 Å². The zero-order valence-electron chi connectivity index (χ0n) is 15.5. The summed E-state index contributed by atoms with van der Waals surface area (Å²) < 4.78 is 0. The number of aromatic carboxylic acids is 1. The highest BCUT2D eigenvalue weighted by atomic mass is 16.4. The van der Waals surface area contributed by atoms with E-state index in [1.807, 2.05) is 36.4 Å². The van der Waals surface area contributed by atoms with Crippen molar-refractivity contribution in [1.29, 1.82) is 5.26 Å². The van der Waals surface area contributed by atoms with Gasteiger partial charge in [-0.05, 0) is 53.9 Å². The maximum atomic E-state index is 12.6. The average molecular weight is 385 g/mol. The zero-order valence-corrected chi connectivity index (χ0v) is 15.5. The Morgan fingerprint density at radius 2 is 1.69 bits per heavy atom. The third-order valence-corrected chi connectivity index (χ3v) is 4.40. The summed E-state index contributed by atoms with van der Waals surface area (Å²) in [4.78, 5) is 23.9. The van der Waals surface area contributed by atoms with E-state index >= 15 is 0 Å². The summed E-state index contributed by atoms with van der Waals surface area (Å²) in [5, 5.41) is 23.8. The van der Waals surface area contributed by atoms with Crippen LogP contribution in [0.5, 0.6) is 0 Å². The smallest absolute Gasteiger partial charge is 0.335 e. The quantitative estimate of drug-likeness (QED) is 0.586. The Labute approximate surface area is 168 Å². The molecule has 0 aromatic heterocycles. The number of carbonyl (C=O) groups excluding carboxylic acids is 1. The molecule has 3 rings (SSSR count). The molecular formula is C23H19N3O3. The zero-order chi connectivity index (χ0) is 20.6. The number of urea groups is 1. The second-order valence-electron chi connectivity index (χ2n) is 6.46. The number of rotatable bonds is 6. The molecule has 0 radical (unpaired) electrons. The predicted molar refractivity (Wildman–Crippen MR) is 110 cm³/mol. The first-order valence-electron chi connectivity index (χ1n) is 9.00. The molecule has 144 valence electrons. The monoisotopic (exact) mass is 385 g/mol. The van der Waals surface area contributed by atoms with Crippen molar-refractivity contribution in [2.24, 2.45) is 0 Å². The Morgan fingerprint density at radius 1 is 0.966 bits per heavy atom. The standard InChI is InChI=1S/C23H19N3O3/c24-15-17-9-11-20(12-10-17)25-23(29)26-21(13-16-5-2-1-3-6-16)18-7-4-8-19(14-18)22(27)28/h1-12,14,21H,13H2,(H,27,28)(H2,25,26,29). The summed E-state index contributed by atoms with van der Waals surface area (Å²) >= 11 is 0. The van der Waals surface area contributed by atoms with Gasteiger partial charge in [0.05, 0.1) is 23.2 Å². The van der Waals surface area contributed by atoms with Crippen LogP contribution in [0.25, 0.3) is 0 Å². The summed E-state index contributed by atoms with van der Waals surface area (Å²) in [6.45, 7) is 0. The van der Waals surface area contributed by atoms with E-state index in [-0.39, 0.29) is 5.56 Å². The summed E-state index contributed by atoms with van der Waals surface area (Å²) in [6, 6.07) is 23.9. The van der Waals surface area contributed by atoms with Gasteiger partial charge in [-0.15, -0.1) is 0 Å². The first-order chi connectivity index (χ1) is 14.0. The summed E-state index contributed by atoms with van der Waals surface area (Å²) in [6.07, 6.45) is 0.505. The molecule has 0 bridgehead atoms. The van der Waals surface area contributed by atoms with Crippen LogP contribution in [0.3, 0.4) is 0 Å². The van der Waals surface area contributed by atoms with Crippen molar-refractivity contribution in [2.75, 3.05) is 5.32 Å². The molecule has 2 amide bonds. The fourth-order valence-corrected chi connectivity index (χ4v) is 2.94. The average Bonchev–Trinajstić information content (AvgIpc) is 2.74. The Bertz CT molecular complexity index is 1040. The maximum Gasteiger partial charge on any atom is 0.335 e. The molecule has 3 aromatic carbocycles. The molecule has 3 N–H and O–H groups in total. The Kier molecular flexibility index (Phi) is 6.23. The molecule has 29 heavy (non-hydrogen) atoms. The van der Waals surface area contributed by atoms with E-state index in [0.29, 0.717) is 23.2 Å². The van der Waals surface area contributed by atoms with Gasteiger partial charge in [0.15, 0.2) is 0 Å². The van der Waals surface area contributed by atoms with E-state index in [4.69, 9.17) is 5.26 Å². The molecule has 0 heterocycles. The lowest BCUT2D eigenvalue weighted by Gasteiger charge is -2.20. The minimum atomic E-state index is -1.02. The van der Waals surface area contributed by atoms with E-state index in [2.05, 4.69) is 10.6 Å². The lowest BCUT2D eigenvalue weighted by Crippen LogP contribution is -2.33. The lowest BCUT2D eigenvalue weighted by molar-refractivity contribution is 0.0696. The van der Waals surface area contributed by atoms with Crippen LogP contribution in [0.2, 0.25) is 0 Å². The van der Waals surface area contributed by atoms with Gasteiger partial charge in [0.25, 0.3) is 0 Å². The van der Waals surface area contributed by atoms with Gasteiger partial charge in [0.1, 0.15) is 0 Å². The maximum absolute atomic E-state index is 12.6. The van der Waals surface area contributed by atoms with E-state index in [9.17, 15) is 14.7 Å². The van der Waals surface area contributed by atoms with Gasteiger partial charge in [-0.25, -0.2) is 9.59 Å². The third-order valence-electron chi connectivity index (χ3n) is 4.40. The van der Waals surface area contributed by atoms with Crippen molar-refractivity contribution in [3.63, 3.8) is 0 Å². The first-order valence-corrected chi connectivity index (χ1v) is 9.00. The molecule has 0 saturated carbocycles. The van der Waals surface area contributed by atoms with Gasteiger partial charge in [-0.3, -0.25) is 0 Å². The van der Waals surface area contributed by atoms with Crippen molar-refractivity contribution in [3.05, 3.63) is 101 Å². The lowest BCUT2D eigenvalue weighted by atomic mass is 9.97. The number of nitriles is 1. The fourth-order valence-electron chi connectivity index (χ4n) is 2.94. The van der Waals surface area contributed by atoms with Crippen LogP contribution in [0.15, 0.2) is 78.9 Å². The number of amides is 2. The molecular weight excluding hydrogens is 366 g/mol. The molecule has 0 spiro atoms. The number of carboxylic acids is 1. The van der Waals surface area contributed by atoms with Crippen molar-refractivity contribution in [2.45, 2.75) is 12.5 Å². The van der Waals surface area contributed by atoms with E-state index in [1.165, 1.54) is 6.07 Å². The molecule has 1 unspecified atom stereocenters. The normalized spacial score (nSPS) is 11.1. The van der Waals surface area contributed by atoms with E-state index in [1.54, 1.807) is 42.5 Å². The second kappa shape index (κ2) is 9.20. The number of benzene rings is 3. The number of hydrogen-bond acceptors (Lipinski definition) is 3. The van der Waals surface area contributed by atoms with Crippen LogP contribution in [0.4, 0.5) is 10.5 Å². The topological polar surface area (TPSA) is 102 Å². The summed E-state index contributed by atoms with van der Waals surface area (Å²) in [5.74, 6) is -1.02. The highest BCUT2D eigenvalue weighted by molar-refractivity contribution is 5.90. The van der Waals surface area contributed by atoms with Gasteiger partial charge < -0.3 is 15.7 Å². The first kappa shape index (κ1) is 19.6. The van der Waals surface area contributed by atoms with Crippen LogP contribution in [-0.2, 0) is 6.42 Å². The number of anilines is 1. The largest absolute Gasteiger partial charge is 0.478 e. The summed E-state index contributed by atoms with van der Waals surface area (Å²) in [7, 11) is 0. The highest BCUT2D eigenvalue weighted by Crippen LogP contribution is 2.20. The van der Waals surface area contributed by atoms with Crippen LogP contribution < -0.4 is 10.6 Å². The number of carbonyl (C=O) groups is 2. The van der Waals surface area contributed by atoms with Crippen LogP contribution in [-0.4, -0.2) is 17.1 Å². The molecule has 1 atom stereocenters. The molecule has 0 aliphatic rings. The summed E-state index contributed by atoms with van der Waals surface area (Å²) in [5.41, 5.74) is 2.93. The van der Waals surface area contributed by atoms with Crippen LogP contribution in [0, 0.1) is 11.3 Å². The molecule has 6 nitrogen and oxygen atoms in total. The Hall–Kier alpha value is -4.11. The second-order valence-corrected chi connectivity index (χ2v) is 6.46. The predicted octanol–water partition coefficient (Wildman–Crippen LogP) is 4.36. The minimum absolute atomic E-state index is 0.162.